The molecule has 6 nitrogen and oxygen atoms in total. The van der Waals surface area contributed by atoms with Crippen LogP contribution in [0.4, 0.5) is 5.95 Å². The molecule has 0 atom stereocenters. The molecule has 6 heteroatoms. The lowest BCUT2D eigenvalue weighted by Gasteiger charge is -2.39. The fourth-order valence-electron chi connectivity index (χ4n) is 3.66. The molecule has 0 aliphatic carbocycles. The minimum absolute atomic E-state index is 0.0564. The van der Waals surface area contributed by atoms with Gasteiger partial charge in [-0.05, 0) is 13.0 Å². The Kier molecular flexibility index (Phi) is 4.24. The van der Waals surface area contributed by atoms with Gasteiger partial charge in [-0.2, -0.15) is 0 Å². The monoisotopic (exact) mass is 381 g/mol. The highest BCUT2D eigenvalue weighted by molar-refractivity contribution is 5.94. The summed E-state index contributed by atoms with van der Waals surface area (Å²) in [6, 6.07) is 15.5. The maximum Gasteiger partial charge on any atom is 0.225 e. The third kappa shape index (κ3) is 3.23. The van der Waals surface area contributed by atoms with Gasteiger partial charge in [0.15, 0.2) is 5.78 Å². The van der Waals surface area contributed by atoms with Crippen molar-refractivity contribution in [3.8, 4) is 11.3 Å². The molecule has 0 bridgehead atoms. The van der Waals surface area contributed by atoms with Crippen molar-refractivity contribution in [3.63, 3.8) is 0 Å². The highest BCUT2D eigenvalue weighted by atomic mass is 16.1. The van der Waals surface area contributed by atoms with Gasteiger partial charge >= 0.3 is 0 Å². The lowest BCUT2D eigenvalue weighted by atomic mass is 9.92. The third-order valence-electron chi connectivity index (χ3n) is 5.32. The summed E-state index contributed by atoms with van der Waals surface area (Å²) in [5.41, 5.74) is 4.46. The fourth-order valence-corrected chi connectivity index (χ4v) is 3.66. The number of hydrogen-bond donors (Lipinski definition) is 0. The maximum atomic E-state index is 11.5. The Morgan fingerprint density at radius 1 is 0.966 bits per heavy atom. The van der Waals surface area contributed by atoms with E-state index in [1.54, 1.807) is 19.3 Å². The number of fused-ring (bicyclic) bond motifs is 1. The van der Waals surface area contributed by atoms with E-state index in [0.29, 0.717) is 5.56 Å². The molecular formula is C23H19N5O. The zero-order chi connectivity index (χ0) is 19.8. The smallest absolute Gasteiger partial charge is 0.225 e. The summed E-state index contributed by atoms with van der Waals surface area (Å²) >= 11 is 0. The van der Waals surface area contributed by atoms with Gasteiger partial charge < -0.3 is 4.90 Å². The summed E-state index contributed by atoms with van der Waals surface area (Å²) < 4.78 is 0. The van der Waals surface area contributed by atoms with Gasteiger partial charge in [0, 0.05) is 54.1 Å². The Hall–Kier alpha value is -3.67. The summed E-state index contributed by atoms with van der Waals surface area (Å²) in [5, 5.41) is 1.04. The molecule has 4 aromatic rings. The minimum atomic E-state index is 0.0564. The zero-order valence-electron chi connectivity index (χ0n) is 16.0. The van der Waals surface area contributed by atoms with Crippen LogP contribution in [0.15, 0.2) is 67.1 Å². The quantitative estimate of drug-likeness (QED) is 0.500. The van der Waals surface area contributed by atoms with Crippen molar-refractivity contribution in [2.24, 2.45) is 0 Å². The van der Waals surface area contributed by atoms with E-state index in [1.807, 2.05) is 54.7 Å². The Morgan fingerprint density at radius 2 is 1.72 bits per heavy atom. The molecule has 1 aliphatic heterocycles. The van der Waals surface area contributed by atoms with Gasteiger partial charge in [0.05, 0.1) is 16.9 Å². The molecule has 29 heavy (non-hydrogen) atoms. The summed E-state index contributed by atoms with van der Waals surface area (Å²) in [4.78, 5) is 32.1. The van der Waals surface area contributed by atoms with E-state index in [2.05, 4.69) is 24.8 Å². The second-order valence-corrected chi connectivity index (χ2v) is 7.25. The van der Waals surface area contributed by atoms with Crippen molar-refractivity contribution in [1.29, 1.82) is 0 Å². The molecule has 0 spiro atoms. The average Bonchev–Trinajstić information content (AvgIpc) is 2.73. The molecule has 1 aliphatic rings. The van der Waals surface area contributed by atoms with Crippen LogP contribution >= 0.6 is 0 Å². The van der Waals surface area contributed by atoms with Crippen LogP contribution in [-0.2, 0) is 0 Å². The molecule has 3 heterocycles. The molecule has 5 rings (SSSR count). The zero-order valence-corrected chi connectivity index (χ0v) is 16.0. The molecule has 1 saturated heterocycles. The van der Waals surface area contributed by atoms with Crippen molar-refractivity contribution in [3.05, 3.63) is 78.4 Å². The van der Waals surface area contributed by atoms with E-state index in [9.17, 15) is 4.79 Å². The van der Waals surface area contributed by atoms with Crippen LogP contribution in [0.1, 0.15) is 28.9 Å². The number of para-hydroxylation sites is 1. The van der Waals surface area contributed by atoms with Gasteiger partial charge in [-0.3, -0.25) is 14.8 Å². The largest absolute Gasteiger partial charge is 0.339 e. The number of Topliss-reactive ketones (excluding diaryl/α,β-unsaturated/α-hetero) is 1. The Morgan fingerprint density at radius 3 is 2.52 bits per heavy atom. The standard InChI is InChI=1S/C23H19N5O/c1-15(29)16-6-8-17(9-7-16)21-22(25-11-10-24-21)19-13-28(14-19)23-26-12-18-4-2-3-5-20(18)27-23/h2-12,19H,13-14H2,1H3. The predicted molar refractivity (Wildman–Crippen MR) is 112 cm³/mol. The van der Waals surface area contributed by atoms with Gasteiger partial charge in [0.25, 0.3) is 0 Å². The SMILES string of the molecule is CC(=O)c1ccc(-c2nccnc2C2CN(c3ncc4ccccc4n3)C2)cc1. The molecule has 2 aromatic carbocycles. The van der Waals surface area contributed by atoms with Gasteiger partial charge in [0.1, 0.15) is 0 Å². The van der Waals surface area contributed by atoms with Crippen LogP contribution in [0.25, 0.3) is 22.2 Å². The number of hydrogen-bond acceptors (Lipinski definition) is 6. The molecule has 2 aromatic heterocycles. The van der Waals surface area contributed by atoms with E-state index >= 15 is 0 Å². The summed E-state index contributed by atoms with van der Waals surface area (Å²) in [5.74, 6) is 1.07. The van der Waals surface area contributed by atoms with Gasteiger partial charge in [-0.1, -0.05) is 42.5 Å². The number of ketones is 1. The Balaban J connectivity index is 1.38. The summed E-state index contributed by atoms with van der Waals surface area (Å²) in [6.45, 7) is 3.17. The van der Waals surface area contributed by atoms with Crippen LogP contribution < -0.4 is 4.90 Å². The first-order valence-corrected chi connectivity index (χ1v) is 9.58. The highest BCUT2D eigenvalue weighted by Gasteiger charge is 2.33. The van der Waals surface area contributed by atoms with Crippen LogP contribution in [0.5, 0.6) is 0 Å². The third-order valence-corrected chi connectivity index (χ3v) is 5.32. The van der Waals surface area contributed by atoms with Gasteiger partial charge in [0.2, 0.25) is 5.95 Å². The fraction of sp³-hybridized carbons (Fsp3) is 0.174. The van der Waals surface area contributed by atoms with Crippen LogP contribution in [0.3, 0.4) is 0 Å². The Labute approximate surface area is 168 Å². The van der Waals surface area contributed by atoms with Gasteiger partial charge in [-0.15, -0.1) is 0 Å². The minimum Gasteiger partial charge on any atom is -0.339 e. The lowest BCUT2D eigenvalue weighted by Crippen LogP contribution is -2.46. The molecule has 0 radical (unpaired) electrons. The van der Waals surface area contributed by atoms with Crippen molar-refractivity contribution in [2.75, 3.05) is 18.0 Å². The van der Waals surface area contributed by atoms with Crippen LogP contribution in [0, 0.1) is 0 Å². The van der Waals surface area contributed by atoms with E-state index < -0.39 is 0 Å². The number of aromatic nitrogens is 4. The first-order valence-electron chi connectivity index (χ1n) is 9.58. The van der Waals surface area contributed by atoms with Crippen LogP contribution in [0.2, 0.25) is 0 Å². The van der Waals surface area contributed by atoms with E-state index in [4.69, 9.17) is 0 Å². The van der Waals surface area contributed by atoms with Crippen LogP contribution in [-0.4, -0.2) is 38.8 Å². The normalized spacial score (nSPS) is 14.0. The number of rotatable bonds is 4. The first kappa shape index (κ1) is 17.4. The van der Waals surface area contributed by atoms with E-state index in [1.165, 1.54) is 0 Å². The average molecular weight is 381 g/mol. The number of carbonyl (C=O) groups excluding carboxylic acids is 1. The van der Waals surface area contributed by atoms with Crippen molar-refractivity contribution < 1.29 is 4.79 Å². The summed E-state index contributed by atoms with van der Waals surface area (Å²) in [7, 11) is 0. The summed E-state index contributed by atoms with van der Waals surface area (Å²) in [6.07, 6.45) is 5.31. The lowest BCUT2D eigenvalue weighted by molar-refractivity contribution is 0.101. The number of nitrogens with zero attached hydrogens (tertiary/aromatic N) is 5. The van der Waals surface area contributed by atoms with Gasteiger partial charge in [-0.25, -0.2) is 9.97 Å². The van der Waals surface area contributed by atoms with Crippen molar-refractivity contribution in [1.82, 2.24) is 19.9 Å². The molecule has 0 saturated carbocycles. The molecule has 0 unspecified atom stereocenters. The number of benzene rings is 2. The second-order valence-electron chi connectivity index (χ2n) is 7.25. The van der Waals surface area contributed by atoms with E-state index in [-0.39, 0.29) is 11.7 Å². The Bertz CT molecular complexity index is 1200. The first-order chi connectivity index (χ1) is 14.2. The molecule has 0 amide bonds. The second kappa shape index (κ2) is 7.05. The predicted octanol–water partition coefficient (Wildman–Crippen LogP) is 3.89. The molecule has 142 valence electrons. The van der Waals surface area contributed by atoms with E-state index in [0.717, 1.165) is 46.9 Å². The maximum absolute atomic E-state index is 11.5. The van der Waals surface area contributed by atoms with Crippen molar-refractivity contribution in [2.45, 2.75) is 12.8 Å². The number of carbonyl (C=O) groups is 1. The van der Waals surface area contributed by atoms with Crippen molar-refractivity contribution >= 4 is 22.6 Å². The molecular weight excluding hydrogens is 362 g/mol. The molecule has 0 N–H and O–H groups in total. The highest BCUT2D eigenvalue weighted by Crippen LogP contribution is 2.34. The molecule has 1 fully saturated rings. The number of anilines is 1. The topological polar surface area (TPSA) is 71.9 Å².